The summed E-state index contributed by atoms with van der Waals surface area (Å²) in [5.41, 5.74) is 1.29. The van der Waals surface area contributed by atoms with Crippen LogP contribution in [-0.4, -0.2) is 18.2 Å². The van der Waals surface area contributed by atoms with Gasteiger partial charge in [-0.05, 0) is 36.5 Å². The summed E-state index contributed by atoms with van der Waals surface area (Å²) in [4.78, 5) is 11.5. The molecule has 0 fully saturated rings. The zero-order valence-corrected chi connectivity index (χ0v) is 13.8. The molecule has 0 aromatic heterocycles. The van der Waals surface area contributed by atoms with E-state index in [1.165, 1.54) is 19.2 Å². The highest BCUT2D eigenvalue weighted by Gasteiger charge is 2.10. The monoisotopic (exact) mass is 352 g/mol. The summed E-state index contributed by atoms with van der Waals surface area (Å²) in [7, 11) is 1.30. The number of hydrogen-bond donors (Lipinski definition) is 2. The fraction of sp³-hybridized carbons (Fsp3) is 0.125. The molecule has 0 bridgehead atoms. The van der Waals surface area contributed by atoms with Gasteiger partial charge in [0.2, 0.25) is 0 Å². The summed E-state index contributed by atoms with van der Waals surface area (Å²) < 4.78 is 18.2. The van der Waals surface area contributed by atoms with E-state index in [1.54, 1.807) is 30.3 Å². The lowest BCUT2D eigenvalue weighted by Crippen LogP contribution is -2.28. The van der Waals surface area contributed by atoms with E-state index in [0.717, 1.165) is 0 Å². The van der Waals surface area contributed by atoms with Crippen LogP contribution in [0.4, 0.5) is 10.1 Å². The van der Waals surface area contributed by atoms with Gasteiger partial charge in [-0.3, -0.25) is 0 Å². The van der Waals surface area contributed by atoms with Crippen LogP contribution in [0.2, 0.25) is 5.02 Å². The maximum Gasteiger partial charge on any atom is 0.337 e. The first kappa shape index (κ1) is 17.2. The number of carbonyl (C=O) groups excluding carboxylic acids is 1. The first-order valence-corrected chi connectivity index (χ1v) is 7.46. The molecule has 0 atom stereocenters. The van der Waals surface area contributed by atoms with Gasteiger partial charge in [-0.15, -0.1) is 0 Å². The third-order valence-electron chi connectivity index (χ3n) is 3.03. The number of rotatable bonds is 4. The van der Waals surface area contributed by atoms with Gasteiger partial charge in [-0.25, -0.2) is 9.18 Å². The Hall–Kier alpha value is -2.18. The molecule has 0 saturated heterocycles. The summed E-state index contributed by atoms with van der Waals surface area (Å²) in [6.07, 6.45) is 0. The van der Waals surface area contributed by atoms with Crippen LogP contribution in [-0.2, 0) is 11.3 Å². The Morgan fingerprint density at radius 2 is 2.04 bits per heavy atom. The highest BCUT2D eigenvalue weighted by molar-refractivity contribution is 7.80. The van der Waals surface area contributed by atoms with Crippen molar-refractivity contribution in [1.82, 2.24) is 5.32 Å². The third kappa shape index (κ3) is 4.64. The number of halogens is 2. The van der Waals surface area contributed by atoms with Gasteiger partial charge in [0, 0.05) is 12.1 Å². The van der Waals surface area contributed by atoms with Crippen LogP contribution in [0.5, 0.6) is 0 Å². The topological polar surface area (TPSA) is 50.4 Å². The number of anilines is 1. The molecule has 23 heavy (non-hydrogen) atoms. The van der Waals surface area contributed by atoms with E-state index in [-0.39, 0.29) is 17.5 Å². The third-order valence-corrected chi connectivity index (χ3v) is 3.61. The summed E-state index contributed by atoms with van der Waals surface area (Å²) >= 11 is 11.2. The minimum Gasteiger partial charge on any atom is -0.465 e. The maximum atomic E-state index is 13.5. The van der Waals surface area contributed by atoms with E-state index in [9.17, 15) is 9.18 Å². The molecule has 0 aliphatic rings. The highest BCUT2D eigenvalue weighted by atomic mass is 35.5. The quantitative estimate of drug-likeness (QED) is 0.648. The van der Waals surface area contributed by atoms with E-state index in [0.29, 0.717) is 21.8 Å². The molecule has 2 aromatic rings. The normalized spacial score (nSPS) is 10.0. The average molecular weight is 353 g/mol. The minimum atomic E-state index is -0.477. The number of methoxy groups -OCH3 is 1. The van der Waals surface area contributed by atoms with E-state index in [1.807, 2.05) is 0 Å². The summed E-state index contributed by atoms with van der Waals surface area (Å²) in [5.74, 6) is -0.788. The molecule has 0 radical (unpaired) electrons. The van der Waals surface area contributed by atoms with Crippen LogP contribution in [0.3, 0.4) is 0 Å². The van der Waals surface area contributed by atoms with Gasteiger partial charge in [0.25, 0.3) is 0 Å². The van der Waals surface area contributed by atoms with Gasteiger partial charge >= 0.3 is 5.97 Å². The molecule has 4 nitrogen and oxygen atoms in total. The Bertz CT molecular complexity index is 740. The minimum absolute atomic E-state index is 0.229. The van der Waals surface area contributed by atoms with Crippen molar-refractivity contribution in [2.24, 2.45) is 0 Å². The van der Waals surface area contributed by atoms with Crippen LogP contribution < -0.4 is 10.6 Å². The number of thiocarbonyl (C=S) groups is 1. The van der Waals surface area contributed by atoms with Crippen molar-refractivity contribution in [3.8, 4) is 0 Å². The van der Waals surface area contributed by atoms with Crippen LogP contribution in [0.25, 0.3) is 0 Å². The molecule has 0 heterocycles. The van der Waals surface area contributed by atoms with Gasteiger partial charge < -0.3 is 15.4 Å². The number of nitrogens with one attached hydrogen (secondary N) is 2. The van der Waals surface area contributed by atoms with Crippen molar-refractivity contribution in [2.75, 3.05) is 12.4 Å². The molecule has 2 aromatic carbocycles. The smallest absolute Gasteiger partial charge is 0.337 e. The van der Waals surface area contributed by atoms with Crippen molar-refractivity contribution < 1.29 is 13.9 Å². The van der Waals surface area contributed by atoms with Crippen LogP contribution in [0, 0.1) is 5.82 Å². The largest absolute Gasteiger partial charge is 0.465 e. The molecule has 0 amide bonds. The molecule has 7 heteroatoms. The Morgan fingerprint density at radius 1 is 1.30 bits per heavy atom. The Labute approximate surface area is 143 Å². The van der Waals surface area contributed by atoms with Crippen molar-refractivity contribution in [3.63, 3.8) is 0 Å². The van der Waals surface area contributed by atoms with Crippen LogP contribution >= 0.6 is 23.8 Å². The zero-order valence-electron chi connectivity index (χ0n) is 12.2. The lowest BCUT2D eigenvalue weighted by Gasteiger charge is -2.13. The van der Waals surface area contributed by atoms with Gasteiger partial charge in [0.15, 0.2) is 5.11 Å². The number of hydrogen-bond acceptors (Lipinski definition) is 3. The van der Waals surface area contributed by atoms with Crippen molar-refractivity contribution in [2.45, 2.75) is 6.54 Å². The van der Waals surface area contributed by atoms with Crippen LogP contribution in [0.1, 0.15) is 15.9 Å². The van der Waals surface area contributed by atoms with Gasteiger partial charge in [-0.1, -0.05) is 29.8 Å². The number of esters is 1. The van der Waals surface area contributed by atoms with Crippen molar-refractivity contribution in [1.29, 1.82) is 0 Å². The highest BCUT2D eigenvalue weighted by Crippen LogP contribution is 2.23. The molecule has 0 spiro atoms. The molecule has 0 unspecified atom stereocenters. The summed E-state index contributed by atoms with van der Waals surface area (Å²) in [6, 6.07) is 11.1. The lowest BCUT2D eigenvalue weighted by molar-refractivity contribution is 0.0601. The number of ether oxygens (including phenoxy) is 1. The molecule has 0 aliphatic heterocycles. The van der Waals surface area contributed by atoms with E-state index in [2.05, 4.69) is 15.4 Å². The van der Waals surface area contributed by atoms with Crippen LogP contribution in [0.15, 0.2) is 42.5 Å². The SMILES string of the molecule is COC(=O)c1ccc(Cl)c(NC(=S)NCc2ccccc2F)c1. The fourth-order valence-corrected chi connectivity index (χ4v) is 2.20. The van der Waals surface area contributed by atoms with Crippen molar-refractivity contribution in [3.05, 3.63) is 64.4 Å². The molecular weight excluding hydrogens is 339 g/mol. The molecule has 2 rings (SSSR count). The molecule has 0 aliphatic carbocycles. The second-order valence-electron chi connectivity index (χ2n) is 4.59. The summed E-state index contributed by atoms with van der Waals surface area (Å²) in [6.45, 7) is 0.229. The zero-order chi connectivity index (χ0) is 16.8. The molecule has 0 saturated carbocycles. The molecular formula is C16H14ClFN2O2S. The van der Waals surface area contributed by atoms with Gasteiger partial charge in [0.05, 0.1) is 23.4 Å². The summed E-state index contributed by atoms with van der Waals surface area (Å²) in [5, 5.41) is 6.42. The lowest BCUT2D eigenvalue weighted by atomic mass is 10.2. The van der Waals surface area contributed by atoms with Crippen molar-refractivity contribution >= 4 is 40.6 Å². The van der Waals surface area contributed by atoms with E-state index < -0.39 is 5.97 Å². The van der Waals surface area contributed by atoms with Gasteiger partial charge in [0.1, 0.15) is 5.82 Å². The van der Waals surface area contributed by atoms with E-state index in [4.69, 9.17) is 23.8 Å². The average Bonchev–Trinajstić information content (AvgIpc) is 2.55. The van der Waals surface area contributed by atoms with Gasteiger partial charge in [-0.2, -0.15) is 0 Å². The standard InChI is InChI=1S/C16H14ClFN2O2S/c1-22-15(21)10-6-7-12(17)14(8-10)20-16(23)19-9-11-4-2-3-5-13(11)18/h2-8H,9H2,1H3,(H2,19,20,23). The predicted molar refractivity (Wildman–Crippen MR) is 92.3 cm³/mol. The first-order valence-electron chi connectivity index (χ1n) is 6.67. The Kier molecular flexibility index (Phi) is 5.90. The number of benzene rings is 2. The predicted octanol–water partition coefficient (Wildman–Crippen LogP) is 3.75. The second-order valence-corrected chi connectivity index (χ2v) is 5.40. The molecule has 120 valence electrons. The Balaban J connectivity index is 2.02. The maximum absolute atomic E-state index is 13.5. The first-order chi connectivity index (χ1) is 11.0. The number of carbonyl (C=O) groups is 1. The molecule has 2 N–H and O–H groups in total. The van der Waals surface area contributed by atoms with E-state index >= 15 is 0 Å². The second kappa shape index (κ2) is 7.89. The Morgan fingerprint density at radius 3 is 2.74 bits per heavy atom. The fourth-order valence-electron chi connectivity index (χ4n) is 1.85.